The average Bonchev–Trinajstić information content (AvgIpc) is 2.53. The van der Waals surface area contributed by atoms with Crippen molar-refractivity contribution in [2.24, 2.45) is 4.99 Å². The van der Waals surface area contributed by atoms with Gasteiger partial charge in [0.05, 0.1) is 17.2 Å². The molecule has 0 aliphatic carbocycles. The van der Waals surface area contributed by atoms with Gasteiger partial charge in [-0.3, -0.25) is 4.99 Å². The van der Waals surface area contributed by atoms with Crippen molar-refractivity contribution in [2.45, 2.75) is 38.1 Å². The highest BCUT2D eigenvalue weighted by Crippen LogP contribution is 2.18. The lowest BCUT2D eigenvalue weighted by atomic mass is 10.1. The van der Waals surface area contributed by atoms with E-state index in [4.69, 9.17) is 4.74 Å². The molecule has 1 N–H and O–H groups in total. The standard InChI is InChI=1S/C19H24N2O3S/c1-5-24-17-10-6-15(7-11-17)14-20-16-8-12-18(13-9-16)25(22,23)21-19(2,3)4/h6-14,21H,5H2,1-4H3. The van der Waals surface area contributed by atoms with E-state index in [1.54, 1.807) is 51.3 Å². The molecule has 0 atom stereocenters. The highest BCUT2D eigenvalue weighted by Gasteiger charge is 2.21. The minimum atomic E-state index is -3.53. The van der Waals surface area contributed by atoms with Crippen LogP contribution in [0.1, 0.15) is 33.3 Å². The van der Waals surface area contributed by atoms with E-state index >= 15 is 0 Å². The van der Waals surface area contributed by atoms with Crippen LogP contribution in [0.3, 0.4) is 0 Å². The van der Waals surface area contributed by atoms with Gasteiger partial charge in [0.25, 0.3) is 0 Å². The maximum Gasteiger partial charge on any atom is 0.241 e. The monoisotopic (exact) mass is 360 g/mol. The molecule has 0 saturated carbocycles. The van der Waals surface area contributed by atoms with Gasteiger partial charge in [-0.1, -0.05) is 0 Å². The lowest BCUT2D eigenvalue weighted by Gasteiger charge is -2.20. The number of hydrogen-bond donors (Lipinski definition) is 1. The predicted molar refractivity (Wildman–Crippen MR) is 101 cm³/mol. The van der Waals surface area contributed by atoms with Crippen molar-refractivity contribution in [2.75, 3.05) is 6.61 Å². The summed E-state index contributed by atoms with van der Waals surface area (Å²) in [6.45, 7) is 7.99. The van der Waals surface area contributed by atoms with Gasteiger partial charge in [-0.2, -0.15) is 0 Å². The summed E-state index contributed by atoms with van der Waals surface area (Å²) >= 11 is 0. The summed E-state index contributed by atoms with van der Waals surface area (Å²) < 4.78 is 32.5. The number of hydrogen-bond acceptors (Lipinski definition) is 4. The molecule has 134 valence electrons. The summed E-state index contributed by atoms with van der Waals surface area (Å²) in [5, 5.41) is 0. The maximum atomic E-state index is 12.3. The first-order valence-electron chi connectivity index (χ1n) is 8.10. The zero-order valence-corrected chi connectivity index (χ0v) is 15.8. The average molecular weight is 360 g/mol. The van der Waals surface area contributed by atoms with E-state index < -0.39 is 15.6 Å². The topological polar surface area (TPSA) is 67.8 Å². The van der Waals surface area contributed by atoms with Crippen molar-refractivity contribution < 1.29 is 13.2 Å². The molecule has 0 aliphatic rings. The molecule has 0 bridgehead atoms. The SMILES string of the molecule is CCOc1ccc(C=Nc2ccc(S(=O)(=O)NC(C)(C)C)cc2)cc1. The van der Waals surface area contributed by atoms with Crippen LogP contribution in [-0.2, 0) is 10.0 Å². The molecule has 2 aromatic carbocycles. The molecule has 0 heterocycles. The van der Waals surface area contributed by atoms with Crippen LogP contribution in [0.5, 0.6) is 5.75 Å². The van der Waals surface area contributed by atoms with Crippen molar-refractivity contribution in [3.63, 3.8) is 0 Å². The van der Waals surface area contributed by atoms with Gasteiger partial charge in [0, 0.05) is 11.8 Å². The van der Waals surface area contributed by atoms with Gasteiger partial charge in [0.1, 0.15) is 5.75 Å². The van der Waals surface area contributed by atoms with Crippen LogP contribution >= 0.6 is 0 Å². The molecule has 0 unspecified atom stereocenters. The Morgan fingerprint density at radius 1 is 1.04 bits per heavy atom. The molecule has 0 amide bonds. The quantitative estimate of drug-likeness (QED) is 0.794. The molecular formula is C19H24N2O3S. The molecule has 6 heteroatoms. The summed E-state index contributed by atoms with van der Waals surface area (Å²) in [5.41, 5.74) is 1.10. The number of benzene rings is 2. The number of aliphatic imine (C=N–C) groups is 1. The van der Waals surface area contributed by atoms with Crippen LogP contribution in [0.25, 0.3) is 0 Å². The van der Waals surface area contributed by atoms with Gasteiger partial charge >= 0.3 is 0 Å². The van der Waals surface area contributed by atoms with E-state index in [-0.39, 0.29) is 4.90 Å². The lowest BCUT2D eigenvalue weighted by Crippen LogP contribution is -2.40. The van der Waals surface area contributed by atoms with Crippen molar-refractivity contribution in [1.82, 2.24) is 4.72 Å². The molecule has 5 nitrogen and oxygen atoms in total. The van der Waals surface area contributed by atoms with Crippen LogP contribution < -0.4 is 9.46 Å². The number of nitrogens with zero attached hydrogens (tertiary/aromatic N) is 1. The third kappa shape index (κ3) is 5.99. The van der Waals surface area contributed by atoms with Crippen LogP contribution in [0.4, 0.5) is 5.69 Å². The fraction of sp³-hybridized carbons (Fsp3) is 0.316. The number of ether oxygens (including phenoxy) is 1. The molecule has 0 aromatic heterocycles. The first kappa shape index (κ1) is 19.1. The van der Waals surface area contributed by atoms with Gasteiger partial charge in [-0.25, -0.2) is 13.1 Å². The van der Waals surface area contributed by atoms with Crippen molar-refractivity contribution >= 4 is 21.9 Å². The summed E-state index contributed by atoms with van der Waals surface area (Å²) in [6.07, 6.45) is 1.73. The zero-order chi connectivity index (χ0) is 18.5. The largest absolute Gasteiger partial charge is 0.494 e. The van der Waals surface area contributed by atoms with Gasteiger partial charge in [-0.05, 0) is 81.8 Å². The smallest absolute Gasteiger partial charge is 0.241 e. The van der Waals surface area contributed by atoms with Gasteiger partial charge in [0.15, 0.2) is 0 Å². The third-order valence-electron chi connectivity index (χ3n) is 3.14. The molecule has 0 aliphatic heterocycles. The van der Waals surface area contributed by atoms with Crippen molar-refractivity contribution in [3.8, 4) is 5.75 Å². The third-order valence-corrected chi connectivity index (χ3v) is 4.92. The summed E-state index contributed by atoms with van der Waals surface area (Å²) in [5.74, 6) is 0.820. The molecule has 0 saturated heterocycles. The predicted octanol–water partition coefficient (Wildman–Crippen LogP) is 3.91. The molecule has 2 aromatic rings. The first-order valence-corrected chi connectivity index (χ1v) is 9.59. The van der Waals surface area contributed by atoms with E-state index in [1.165, 1.54) is 0 Å². The first-order chi connectivity index (χ1) is 11.7. The summed E-state index contributed by atoms with van der Waals surface area (Å²) in [4.78, 5) is 4.59. The van der Waals surface area contributed by atoms with E-state index in [1.807, 2.05) is 31.2 Å². The number of rotatable bonds is 6. The Morgan fingerprint density at radius 2 is 1.64 bits per heavy atom. The Balaban J connectivity index is 2.09. The summed E-state index contributed by atoms with van der Waals surface area (Å²) in [7, 11) is -3.53. The van der Waals surface area contributed by atoms with Gasteiger partial charge in [-0.15, -0.1) is 0 Å². The van der Waals surface area contributed by atoms with Crippen LogP contribution in [-0.4, -0.2) is 26.8 Å². The molecule has 2 rings (SSSR count). The Bertz CT molecular complexity index is 818. The number of nitrogens with one attached hydrogen (secondary N) is 1. The molecular weight excluding hydrogens is 336 g/mol. The van der Waals surface area contributed by atoms with Crippen LogP contribution in [0.15, 0.2) is 58.4 Å². The Kier molecular flexibility index (Phi) is 5.98. The second kappa shape index (κ2) is 7.80. The molecule has 25 heavy (non-hydrogen) atoms. The van der Waals surface area contributed by atoms with E-state index in [9.17, 15) is 8.42 Å². The van der Waals surface area contributed by atoms with Crippen molar-refractivity contribution in [3.05, 3.63) is 54.1 Å². The number of sulfonamides is 1. The highest BCUT2D eigenvalue weighted by atomic mass is 32.2. The van der Waals surface area contributed by atoms with E-state index in [0.29, 0.717) is 12.3 Å². The molecule has 0 radical (unpaired) electrons. The Labute approximate surface area is 149 Å². The zero-order valence-electron chi connectivity index (χ0n) is 15.0. The molecule has 0 fully saturated rings. The normalized spacial score (nSPS) is 12.5. The molecule has 0 spiro atoms. The second-order valence-corrected chi connectivity index (χ2v) is 8.29. The maximum absolute atomic E-state index is 12.3. The Hall–Kier alpha value is -2.18. The van der Waals surface area contributed by atoms with Gasteiger partial charge < -0.3 is 4.74 Å². The minimum absolute atomic E-state index is 0.224. The fourth-order valence-electron chi connectivity index (χ4n) is 2.14. The highest BCUT2D eigenvalue weighted by molar-refractivity contribution is 7.89. The minimum Gasteiger partial charge on any atom is -0.494 e. The van der Waals surface area contributed by atoms with Gasteiger partial charge in [0.2, 0.25) is 10.0 Å². The lowest BCUT2D eigenvalue weighted by molar-refractivity contribution is 0.340. The Morgan fingerprint density at radius 3 is 2.16 bits per heavy atom. The van der Waals surface area contributed by atoms with Crippen LogP contribution in [0.2, 0.25) is 0 Å². The van der Waals surface area contributed by atoms with E-state index in [0.717, 1.165) is 11.3 Å². The van der Waals surface area contributed by atoms with Crippen molar-refractivity contribution in [1.29, 1.82) is 0 Å². The van der Waals surface area contributed by atoms with Crippen LogP contribution in [0, 0.1) is 0 Å². The fourth-order valence-corrected chi connectivity index (χ4v) is 3.56. The summed E-state index contributed by atoms with van der Waals surface area (Å²) in [6, 6.07) is 14.1. The second-order valence-electron chi connectivity index (χ2n) is 6.61. The van der Waals surface area contributed by atoms with E-state index in [2.05, 4.69) is 9.71 Å².